The summed E-state index contributed by atoms with van der Waals surface area (Å²) in [6, 6.07) is 15.6. The molecule has 2 aliphatic rings. The van der Waals surface area contributed by atoms with Crippen molar-refractivity contribution in [1.82, 2.24) is 0 Å². The molecule has 0 aliphatic heterocycles. The molecular weight excluding hydrogens is 419 g/mol. The van der Waals surface area contributed by atoms with Crippen LogP contribution in [0.2, 0.25) is 10.0 Å². The van der Waals surface area contributed by atoms with Crippen molar-refractivity contribution in [2.45, 2.75) is 31.3 Å². The van der Waals surface area contributed by atoms with Gasteiger partial charge in [-0.15, -0.1) is 0 Å². The smallest absolute Gasteiger partial charge is 0.103 e. The summed E-state index contributed by atoms with van der Waals surface area (Å²) in [5.41, 5.74) is 2.35. The quantitative estimate of drug-likeness (QED) is 0.566. The Hall–Kier alpha value is -0.800. The standard InChI is InChI=1S/C21H19BrCl2O/c22-20(21(25)17-3-1-2-4-18(17)21)19(13-5-9-15(23)10-6-13)14-7-11-16(24)12-8-14/h5-12,17-18,25H,1-4H2/t17-,18+,21?. The van der Waals surface area contributed by atoms with Gasteiger partial charge in [0.2, 0.25) is 0 Å². The normalized spacial score (nSPS) is 27.5. The highest BCUT2D eigenvalue weighted by molar-refractivity contribution is 9.12. The first kappa shape index (κ1) is 17.6. The van der Waals surface area contributed by atoms with Crippen LogP contribution in [0.5, 0.6) is 0 Å². The Balaban J connectivity index is 1.85. The summed E-state index contributed by atoms with van der Waals surface area (Å²) in [6.07, 6.45) is 4.62. The van der Waals surface area contributed by atoms with E-state index in [-0.39, 0.29) is 0 Å². The van der Waals surface area contributed by atoms with E-state index in [0.717, 1.165) is 34.0 Å². The SMILES string of the molecule is OC1(C(Br)=C(c2ccc(Cl)cc2)c2ccc(Cl)cc2)[C@@H]2CCCC[C@@H]21. The molecule has 0 spiro atoms. The average Bonchev–Trinajstić information content (AvgIpc) is 3.25. The van der Waals surface area contributed by atoms with E-state index in [0.29, 0.717) is 21.9 Å². The van der Waals surface area contributed by atoms with Crippen molar-refractivity contribution in [2.75, 3.05) is 0 Å². The lowest BCUT2D eigenvalue weighted by Gasteiger charge is -2.18. The van der Waals surface area contributed by atoms with Crippen molar-refractivity contribution in [3.05, 3.63) is 74.2 Å². The van der Waals surface area contributed by atoms with Crippen LogP contribution in [0.4, 0.5) is 0 Å². The largest absolute Gasteiger partial charge is 0.384 e. The number of hydrogen-bond acceptors (Lipinski definition) is 1. The molecule has 1 unspecified atom stereocenters. The van der Waals surface area contributed by atoms with Gasteiger partial charge in [0, 0.05) is 20.1 Å². The predicted octanol–water partition coefficient (Wildman–Crippen LogP) is 6.70. The summed E-state index contributed by atoms with van der Waals surface area (Å²) in [5.74, 6) is 0.732. The highest BCUT2D eigenvalue weighted by Gasteiger charge is 2.65. The Morgan fingerprint density at radius 3 is 1.64 bits per heavy atom. The summed E-state index contributed by atoms with van der Waals surface area (Å²) in [7, 11) is 0. The summed E-state index contributed by atoms with van der Waals surface area (Å²) >= 11 is 15.9. The summed E-state index contributed by atoms with van der Waals surface area (Å²) < 4.78 is 0.890. The van der Waals surface area contributed by atoms with E-state index >= 15 is 0 Å². The maximum Gasteiger partial charge on any atom is 0.103 e. The van der Waals surface area contributed by atoms with E-state index in [9.17, 15) is 5.11 Å². The number of aliphatic hydroxyl groups is 1. The van der Waals surface area contributed by atoms with E-state index in [1.807, 2.05) is 48.5 Å². The fraction of sp³-hybridized carbons (Fsp3) is 0.333. The zero-order valence-electron chi connectivity index (χ0n) is 13.7. The molecule has 130 valence electrons. The molecule has 1 N–H and O–H groups in total. The van der Waals surface area contributed by atoms with E-state index in [2.05, 4.69) is 15.9 Å². The third-order valence-corrected chi connectivity index (χ3v) is 7.16. The van der Waals surface area contributed by atoms with Gasteiger partial charge in [0.05, 0.1) is 0 Å². The van der Waals surface area contributed by atoms with Gasteiger partial charge in [0.25, 0.3) is 0 Å². The minimum Gasteiger partial charge on any atom is -0.384 e. The van der Waals surface area contributed by atoms with Gasteiger partial charge in [0.15, 0.2) is 0 Å². The van der Waals surface area contributed by atoms with Gasteiger partial charge >= 0.3 is 0 Å². The van der Waals surface area contributed by atoms with Crippen LogP contribution in [-0.4, -0.2) is 10.7 Å². The molecule has 0 heterocycles. The fourth-order valence-electron chi connectivity index (χ4n) is 4.27. The summed E-state index contributed by atoms with van der Waals surface area (Å²) in [5, 5.41) is 12.8. The van der Waals surface area contributed by atoms with Crippen LogP contribution in [-0.2, 0) is 0 Å². The zero-order chi connectivity index (χ0) is 17.6. The molecule has 3 atom stereocenters. The molecule has 2 aromatic rings. The molecule has 4 heteroatoms. The molecule has 2 aliphatic carbocycles. The molecule has 0 radical (unpaired) electrons. The van der Waals surface area contributed by atoms with Gasteiger partial charge in [0.1, 0.15) is 5.60 Å². The van der Waals surface area contributed by atoms with E-state index < -0.39 is 5.60 Å². The number of benzene rings is 2. The van der Waals surface area contributed by atoms with Crippen LogP contribution >= 0.6 is 39.1 Å². The van der Waals surface area contributed by atoms with E-state index in [4.69, 9.17) is 23.2 Å². The molecule has 0 aromatic heterocycles. The second-order valence-electron chi connectivity index (χ2n) is 7.03. The first-order valence-electron chi connectivity index (χ1n) is 8.66. The van der Waals surface area contributed by atoms with Crippen molar-refractivity contribution < 1.29 is 5.11 Å². The lowest BCUT2D eigenvalue weighted by atomic mass is 9.95. The van der Waals surface area contributed by atoms with Crippen LogP contribution in [0.25, 0.3) is 5.57 Å². The fourth-order valence-corrected chi connectivity index (χ4v) is 5.57. The Morgan fingerprint density at radius 2 is 1.24 bits per heavy atom. The molecule has 1 nitrogen and oxygen atoms in total. The Bertz CT molecular complexity index is 751. The van der Waals surface area contributed by atoms with Gasteiger partial charge < -0.3 is 5.11 Å². The first-order chi connectivity index (χ1) is 12.0. The topological polar surface area (TPSA) is 20.2 Å². The van der Waals surface area contributed by atoms with Gasteiger partial charge in [-0.05, 0) is 60.1 Å². The maximum atomic E-state index is 11.4. The number of fused-ring (bicyclic) bond motifs is 1. The lowest BCUT2D eigenvalue weighted by Crippen LogP contribution is -2.15. The molecule has 2 saturated carbocycles. The molecule has 2 fully saturated rings. The Morgan fingerprint density at radius 1 is 0.840 bits per heavy atom. The van der Waals surface area contributed by atoms with Crippen LogP contribution in [0, 0.1) is 11.8 Å². The second kappa shape index (κ2) is 6.74. The van der Waals surface area contributed by atoms with Gasteiger partial charge in [-0.25, -0.2) is 0 Å². The highest BCUT2D eigenvalue weighted by Crippen LogP contribution is 2.64. The first-order valence-corrected chi connectivity index (χ1v) is 10.2. The summed E-state index contributed by atoms with van der Waals surface area (Å²) in [4.78, 5) is 0. The van der Waals surface area contributed by atoms with Crippen LogP contribution in [0.3, 0.4) is 0 Å². The second-order valence-corrected chi connectivity index (χ2v) is 8.69. The maximum absolute atomic E-state index is 11.4. The van der Waals surface area contributed by atoms with Crippen LogP contribution in [0.1, 0.15) is 36.8 Å². The predicted molar refractivity (Wildman–Crippen MR) is 108 cm³/mol. The van der Waals surface area contributed by atoms with Crippen molar-refractivity contribution in [3.8, 4) is 0 Å². The minimum absolute atomic E-state index is 0.366. The van der Waals surface area contributed by atoms with Crippen molar-refractivity contribution >= 4 is 44.7 Å². The Labute approximate surface area is 166 Å². The van der Waals surface area contributed by atoms with Crippen molar-refractivity contribution in [3.63, 3.8) is 0 Å². The third-order valence-electron chi connectivity index (χ3n) is 5.62. The van der Waals surface area contributed by atoms with Crippen LogP contribution < -0.4 is 0 Å². The van der Waals surface area contributed by atoms with Gasteiger partial charge in [-0.3, -0.25) is 0 Å². The molecule has 4 rings (SSSR count). The van der Waals surface area contributed by atoms with E-state index in [1.54, 1.807) is 0 Å². The molecule has 0 bridgehead atoms. The third kappa shape index (κ3) is 3.08. The lowest BCUT2D eigenvalue weighted by molar-refractivity contribution is 0.167. The molecular formula is C21H19BrCl2O. The monoisotopic (exact) mass is 436 g/mol. The van der Waals surface area contributed by atoms with Gasteiger partial charge in [-0.2, -0.15) is 0 Å². The molecule has 25 heavy (non-hydrogen) atoms. The molecule has 0 amide bonds. The summed E-state index contributed by atoms with van der Waals surface area (Å²) in [6.45, 7) is 0. The van der Waals surface area contributed by atoms with Crippen molar-refractivity contribution in [1.29, 1.82) is 0 Å². The number of hydrogen-bond donors (Lipinski definition) is 1. The number of rotatable bonds is 3. The number of halogens is 3. The molecule has 0 saturated heterocycles. The van der Waals surface area contributed by atoms with Crippen molar-refractivity contribution in [2.24, 2.45) is 11.8 Å². The van der Waals surface area contributed by atoms with Crippen LogP contribution in [0.15, 0.2) is 53.0 Å². The van der Waals surface area contributed by atoms with E-state index in [1.165, 1.54) is 12.8 Å². The molecule has 2 aromatic carbocycles. The zero-order valence-corrected chi connectivity index (χ0v) is 16.8. The highest BCUT2D eigenvalue weighted by atomic mass is 79.9. The average molecular weight is 438 g/mol. The minimum atomic E-state index is -0.745. The Kier molecular flexibility index (Phi) is 4.74. The van der Waals surface area contributed by atoms with Gasteiger partial charge in [-0.1, -0.05) is 76.2 Å².